The smallest absolute Gasteiger partial charge is 0.334 e. The number of hydrogen-bond donors (Lipinski definition) is 0. The van der Waals surface area contributed by atoms with Gasteiger partial charge in [-0.15, -0.1) is 0 Å². The van der Waals surface area contributed by atoms with Crippen LogP contribution in [0.15, 0.2) is 66.2 Å². The van der Waals surface area contributed by atoms with Gasteiger partial charge in [-0.2, -0.15) is 0 Å². The molecule has 2 aromatic rings. The summed E-state index contributed by atoms with van der Waals surface area (Å²) >= 11 is 6.15. The van der Waals surface area contributed by atoms with Crippen LogP contribution in [0, 0.1) is 11.8 Å². The first kappa shape index (κ1) is 18.4. The predicted octanol–water partition coefficient (Wildman–Crippen LogP) is 3.73. The average molecular weight is 396 g/mol. The van der Waals surface area contributed by atoms with E-state index in [1.807, 2.05) is 12.1 Å². The molecule has 2 aromatic carbocycles. The van der Waals surface area contributed by atoms with Crippen molar-refractivity contribution in [2.45, 2.75) is 12.8 Å². The Kier molecular flexibility index (Phi) is 4.77. The molecule has 1 fully saturated rings. The first-order valence-corrected chi connectivity index (χ1v) is 9.48. The van der Waals surface area contributed by atoms with Gasteiger partial charge in [0, 0.05) is 16.5 Å². The lowest BCUT2D eigenvalue weighted by Crippen LogP contribution is -2.33. The van der Waals surface area contributed by atoms with Crippen LogP contribution >= 0.6 is 11.6 Å². The molecule has 0 unspecified atom stereocenters. The van der Waals surface area contributed by atoms with E-state index in [4.69, 9.17) is 16.3 Å². The second kappa shape index (κ2) is 7.24. The van der Waals surface area contributed by atoms with Crippen molar-refractivity contribution in [3.63, 3.8) is 0 Å². The summed E-state index contributed by atoms with van der Waals surface area (Å²) in [6, 6.07) is 15.9. The molecule has 1 saturated heterocycles. The highest BCUT2D eigenvalue weighted by atomic mass is 35.5. The van der Waals surface area contributed by atoms with Gasteiger partial charge in [0.25, 0.3) is 0 Å². The number of esters is 1. The van der Waals surface area contributed by atoms with Gasteiger partial charge in [-0.05, 0) is 36.8 Å². The van der Waals surface area contributed by atoms with E-state index in [9.17, 15) is 14.4 Å². The Morgan fingerprint density at radius 3 is 2.50 bits per heavy atom. The summed E-state index contributed by atoms with van der Waals surface area (Å²) in [4.78, 5) is 40.1. The van der Waals surface area contributed by atoms with Gasteiger partial charge in [0.05, 0.1) is 24.1 Å². The van der Waals surface area contributed by atoms with Gasteiger partial charge in [-0.25, -0.2) is 9.69 Å². The minimum atomic E-state index is -0.698. The van der Waals surface area contributed by atoms with Crippen molar-refractivity contribution < 1.29 is 19.1 Å². The highest BCUT2D eigenvalue weighted by Crippen LogP contribution is 2.49. The Hall–Kier alpha value is -2.92. The number of hydrogen-bond acceptors (Lipinski definition) is 4. The first-order valence-electron chi connectivity index (χ1n) is 9.10. The van der Waals surface area contributed by atoms with Gasteiger partial charge in [-0.1, -0.05) is 48.0 Å². The van der Waals surface area contributed by atoms with E-state index in [-0.39, 0.29) is 18.4 Å². The molecule has 28 heavy (non-hydrogen) atoms. The molecule has 0 N–H and O–H groups in total. The predicted molar refractivity (Wildman–Crippen MR) is 105 cm³/mol. The van der Waals surface area contributed by atoms with Gasteiger partial charge in [0.1, 0.15) is 0 Å². The highest BCUT2D eigenvalue weighted by Gasteiger charge is 2.56. The number of carbonyl (C=O) groups is 3. The fraction of sp³-hybridized carbons (Fsp3) is 0.227. The molecule has 0 spiro atoms. The number of carbonyl (C=O) groups excluding carboxylic acids is 3. The molecule has 0 radical (unpaired) electrons. The number of ether oxygens (including phenoxy) is 1. The maximum absolute atomic E-state index is 13.3. The Balaban J connectivity index is 1.80. The van der Waals surface area contributed by atoms with Crippen LogP contribution in [-0.4, -0.2) is 24.4 Å². The molecule has 1 aliphatic heterocycles. The molecule has 0 bridgehead atoms. The van der Waals surface area contributed by atoms with E-state index < -0.39 is 23.7 Å². The summed E-state index contributed by atoms with van der Waals surface area (Å²) < 4.78 is 5.18. The van der Waals surface area contributed by atoms with Crippen LogP contribution in [-0.2, 0) is 19.1 Å². The summed E-state index contributed by atoms with van der Waals surface area (Å²) in [6.07, 6.45) is 1.59. The largest absolute Gasteiger partial charge is 0.463 e. The molecule has 6 heteroatoms. The number of amides is 2. The molecule has 4 rings (SSSR count). The lowest BCUT2D eigenvalue weighted by Gasteiger charge is -2.22. The van der Waals surface area contributed by atoms with E-state index in [0.717, 1.165) is 5.56 Å². The van der Waals surface area contributed by atoms with Gasteiger partial charge in [0.15, 0.2) is 0 Å². The minimum absolute atomic E-state index is 0.214. The zero-order valence-corrected chi connectivity index (χ0v) is 15.9. The average Bonchev–Trinajstić information content (AvgIpc) is 3.19. The third kappa shape index (κ3) is 2.92. The van der Waals surface area contributed by atoms with Crippen LogP contribution < -0.4 is 4.90 Å². The number of nitrogens with zero attached hydrogens (tertiary/aromatic N) is 1. The number of para-hydroxylation sites is 1. The van der Waals surface area contributed by atoms with E-state index in [2.05, 4.69) is 0 Å². The Morgan fingerprint density at radius 1 is 1.07 bits per heavy atom. The zero-order valence-electron chi connectivity index (χ0n) is 15.2. The van der Waals surface area contributed by atoms with E-state index in [0.29, 0.717) is 16.3 Å². The van der Waals surface area contributed by atoms with Gasteiger partial charge < -0.3 is 4.74 Å². The van der Waals surface area contributed by atoms with E-state index in [1.54, 1.807) is 55.5 Å². The fourth-order valence-corrected chi connectivity index (χ4v) is 4.26. The Labute approximate surface area is 167 Å². The van der Waals surface area contributed by atoms with Crippen molar-refractivity contribution in [2.24, 2.45) is 11.8 Å². The Bertz CT molecular complexity index is 985. The third-order valence-corrected chi connectivity index (χ3v) is 5.42. The number of benzene rings is 2. The second-order valence-electron chi connectivity index (χ2n) is 6.77. The van der Waals surface area contributed by atoms with Crippen LogP contribution in [0.25, 0.3) is 0 Å². The molecule has 0 aromatic heterocycles. The standard InChI is InChI=1S/C22H18ClNO4/c1-2-28-22(27)17-12-16-19(18(17)13-7-6-8-14(23)11-13)21(26)24(20(16)25)15-9-4-3-5-10-15/h3-12,16,18-19H,2H2,1H3/t16-,18-,19-/m0/s1. The summed E-state index contributed by atoms with van der Waals surface area (Å²) in [5, 5.41) is 0.501. The lowest BCUT2D eigenvalue weighted by molar-refractivity contribution is -0.138. The van der Waals surface area contributed by atoms with Gasteiger partial charge in [0.2, 0.25) is 11.8 Å². The number of halogens is 1. The number of fused-ring (bicyclic) bond motifs is 1. The normalized spacial score (nSPS) is 23.6. The van der Waals surface area contributed by atoms with E-state index in [1.165, 1.54) is 4.90 Å². The molecule has 2 amide bonds. The third-order valence-electron chi connectivity index (χ3n) is 5.18. The molecule has 142 valence electrons. The maximum Gasteiger partial charge on any atom is 0.334 e. The van der Waals surface area contributed by atoms with Crippen LogP contribution in [0.5, 0.6) is 0 Å². The molecule has 3 atom stereocenters. The SMILES string of the molecule is CCOC(=O)C1=C[C@@H]2C(=O)N(c3ccccc3)C(=O)[C@@H]2[C@H]1c1cccc(Cl)c1. The molecule has 5 nitrogen and oxygen atoms in total. The Morgan fingerprint density at radius 2 is 1.82 bits per heavy atom. The molecular formula is C22H18ClNO4. The first-order chi connectivity index (χ1) is 13.5. The minimum Gasteiger partial charge on any atom is -0.463 e. The van der Waals surface area contributed by atoms with Crippen molar-refractivity contribution in [2.75, 3.05) is 11.5 Å². The number of anilines is 1. The zero-order chi connectivity index (χ0) is 19.8. The summed E-state index contributed by atoms with van der Waals surface area (Å²) in [5.41, 5.74) is 1.59. The fourth-order valence-electron chi connectivity index (χ4n) is 4.06. The molecule has 0 saturated carbocycles. The van der Waals surface area contributed by atoms with Crippen LogP contribution in [0.2, 0.25) is 5.02 Å². The molecule has 1 heterocycles. The topological polar surface area (TPSA) is 63.7 Å². The number of imide groups is 1. The lowest BCUT2D eigenvalue weighted by atomic mass is 9.82. The number of rotatable bonds is 4. The molecule has 2 aliphatic rings. The summed E-state index contributed by atoms with van der Waals surface area (Å²) in [6.45, 7) is 1.93. The van der Waals surface area contributed by atoms with Crippen molar-refractivity contribution in [3.8, 4) is 0 Å². The maximum atomic E-state index is 13.3. The van der Waals surface area contributed by atoms with E-state index >= 15 is 0 Å². The van der Waals surface area contributed by atoms with Crippen LogP contribution in [0.1, 0.15) is 18.4 Å². The van der Waals surface area contributed by atoms with Crippen LogP contribution in [0.4, 0.5) is 5.69 Å². The highest BCUT2D eigenvalue weighted by molar-refractivity contribution is 6.30. The van der Waals surface area contributed by atoms with Gasteiger partial charge >= 0.3 is 5.97 Å². The quantitative estimate of drug-likeness (QED) is 0.584. The van der Waals surface area contributed by atoms with Gasteiger partial charge in [-0.3, -0.25) is 9.59 Å². The van der Waals surface area contributed by atoms with Crippen molar-refractivity contribution in [3.05, 3.63) is 76.8 Å². The van der Waals surface area contributed by atoms with Crippen LogP contribution in [0.3, 0.4) is 0 Å². The monoisotopic (exact) mass is 395 g/mol. The molecular weight excluding hydrogens is 378 g/mol. The second-order valence-corrected chi connectivity index (χ2v) is 7.21. The van der Waals surface area contributed by atoms with Crippen molar-refractivity contribution in [1.29, 1.82) is 0 Å². The molecule has 1 aliphatic carbocycles. The summed E-state index contributed by atoms with van der Waals surface area (Å²) in [5.74, 6) is -3.11. The summed E-state index contributed by atoms with van der Waals surface area (Å²) in [7, 11) is 0. The van der Waals surface area contributed by atoms with Crippen molar-refractivity contribution in [1.82, 2.24) is 0 Å². The van der Waals surface area contributed by atoms with Crippen molar-refractivity contribution >= 4 is 35.1 Å².